The van der Waals surface area contributed by atoms with Crippen LogP contribution < -0.4 is 10.2 Å². The smallest absolute Gasteiger partial charge is 0.248 e. The molecule has 0 saturated carbocycles. The molecule has 1 aliphatic rings. The summed E-state index contributed by atoms with van der Waals surface area (Å²) in [4.78, 5) is 14.7. The lowest BCUT2D eigenvalue weighted by atomic mass is 10.2. The van der Waals surface area contributed by atoms with E-state index in [1.165, 1.54) is 12.8 Å². The predicted octanol–water partition coefficient (Wildman–Crippen LogP) is 3.94. The summed E-state index contributed by atoms with van der Waals surface area (Å²) in [5, 5.41) is 7.94. The van der Waals surface area contributed by atoms with Crippen molar-refractivity contribution in [2.75, 3.05) is 23.3 Å². The second-order valence-electron chi connectivity index (χ2n) is 6.39. The number of anilines is 2. The SMILES string of the molecule is Cc1nn(C)c(C)c1/C=C/C(=O)Nc1cc(Cl)ccc1N1CCCC1. The van der Waals surface area contributed by atoms with Crippen LogP contribution in [0.15, 0.2) is 24.3 Å². The number of hydrogen-bond donors (Lipinski definition) is 1. The van der Waals surface area contributed by atoms with Crippen molar-refractivity contribution in [3.05, 3.63) is 46.2 Å². The second-order valence-corrected chi connectivity index (χ2v) is 6.82. The van der Waals surface area contributed by atoms with E-state index in [2.05, 4.69) is 15.3 Å². The molecule has 2 heterocycles. The molecule has 1 N–H and O–H groups in total. The molecule has 132 valence electrons. The molecular weight excluding hydrogens is 336 g/mol. The van der Waals surface area contributed by atoms with Gasteiger partial charge in [0.2, 0.25) is 5.91 Å². The fourth-order valence-electron chi connectivity index (χ4n) is 3.21. The molecule has 1 amide bonds. The zero-order valence-corrected chi connectivity index (χ0v) is 15.6. The highest BCUT2D eigenvalue weighted by Gasteiger charge is 2.17. The van der Waals surface area contributed by atoms with E-state index in [4.69, 9.17) is 11.6 Å². The number of carbonyl (C=O) groups is 1. The first-order valence-corrected chi connectivity index (χ1v) is 8.87. The van der Waals surface area contributed by atoms with Crippen molar-refractivity contribution in [3.8, 4) is 0 Å². The van der Waals surface area contributed by atoms with Crippen LogP contribution >= 0.6 is 11.6 Å². The molecule has 1 aliphatic heterocycles. The summed E-state index contributed by atoms with van der Waals surface area (Å²) in [6, 6.07) is 5.65. The Hall–Kier alpha value is -2.27. The minimum atomic E-state index is -0.176. The van der Waals surface area contributed by atoms with Crippen LogP contribution in [-0.2, 0) is 11.8 Å². The van der Waals surface area contributed by atoms with Gasteiger partial charge in [-0.1, -0.05) is 11.6 Å². The molecule has 0 aliphatic carbocycles. The number of amides is 1. The van der Waals surface area contributed by atoms with Crippen molar-refractivity contribution in [2.24, 2.45) is 7.05 Å². The zero-order chi connectivity index (χ0) is 18.0. The average Bonchev–Trinajstić information content (AvgIpc) is 3.16. The minimum absolute atomic E-state index is 0.176. The number of aryl methyl sites for hydroxylation is 2. The van der Waals surface area contributed by atoms with Gasteiger partial charge in [0.25, 0.3) is 0 Å². The number of halogens is 1. The van der Waals surface area contributed by atoms with Gasteiger partial charge >= 0.3 is 0 Å². The summed E-state index contributed by atoms with van der Waals surface area (Å²) in [5.74, 6) is -0.176. The number of carbonyl (C=O) groups excluding carboxylic acids is 1. The number of hydrogen-bond acceptors (Lipinski definition) is 3. The molecule has 25 heavy (non-hydrogen) atoms. The van der Waals surface area contributed by atoms with Crippen LogP contribution in [0.4, 0.5) is 11.4 Å². The summed E-state index contributed by atoms with van der Waals surface area (Å²) in [7, 11) is 1.90. The Morgan fingerprint density at radius 3 is 2.64 bits per heavy atom. The Morgan fingerprint density at radius 2 is 2.00 bits per heavy atom. The average molecular weight is 359 g/mol. The third-order valence-corrected chi connectivity index (χ3v) is 4.86. The van der Waals surface area contributed by atoms with Gasteiger partial charge < -0.3 is 10.2 Å². The van der Waals surface area contributed by atoms with E-state index in [-0.39, 0.29) is 5.91 Å². The van der Waals surface area contributed by atoms with E-state index in [1.54, 1.807) is 6.08 Å². The quantitative estimate of drug-likeness (QED) is 0.842. The standard InChI is InChI=1S/C19H23ClN4O/c1-13-16(14(2)23(3)22-13)7-9-19(25)21-17-12-15(20)6-8-18(17)24-10-4-5-11-24/h6-9,12H,4-5,10-11H2,1-3H3,(H,21,25)/b9-7+. The van der Waals surface area contributed by atoms with Crippen LogP contribution in [0.25, 0.3) is 6.08 Å². The first kappa shape index (κ1) is 17.5. The number of rotatable bonds is 4. The Kier molecular flexibility index (Phi) is 5.13. The van der Waals surface area contributed by atoms with E-state index in [9.17, 15) is 4.79 Å². The Labute approximate surface area is 153 Å². The van der Waals surface area contributed by atoms with Gasteiger partial charge in [0.05, 0.1) is 17.1 Å². The van der Waals surface area contributed by atoms with Gasteiger partial charge in [0.1, 0.15) is 0 Å². The molecule has 5 nitrogen and oxygen atoms in total. The third kappa shape index (κ3) is 3.87. The Morgan fingerprint density at radius 1 is 1.28 bits per heavy atom. The van der Waals surface area contributed by atoms with Crippen LogP contribution in [0, 0.1) is 13.8 Å². The molecule has 0 bridgehead atoms. The van der Waals surface area contributed by atoms with E-state index >= 15 is 0 Å². The highest BCUT2D eigenvalue weighted by Crippen LogP contribution is 2.31. The van der Waals surface area contributed by atoms with Crippen molar-refractivity contribution >= 4 is 35.0 Å². The fraction of sp³-hybridized carbons (Fsp3) is 0.368. The lowest BCUT2D eigenvalue weighted by molar-refractivity contribution is -0.111. The van der Waals surface area contributed by atoms with Crippen LogP contribution in [0.2, 0.25) is 5.02 Å². The molecule has 0 atom stereocenters. The molecule has 6 heteroatoms. The van der Waals surface area contributed by atoms with Crippen molar-refractivity contribution < 1.29 is 4.79 Å². The van der Waals surface area contributed by atoms with Crippen LogP contribution in [0.5, 0.6) is 0 Å². The van der Waals surface area contributed by atoms with Gasteiger partial charge in [-0.05, 0) is 51.0 Å². The monoisotopic (exact) mass is 358 g/mol. The Balaban J connectivity index is 1.78. The summed E-state index contributed by atoms with van der Waals surface area (Å²) in [6.07, 6.45) is 5.71. The van der Waals surface area contributed by atoms with E-state index < -0.39 is 0 Å². The highest BCUT2D eigenvalue weighted by molar-refractivity contribution is 6.31. The second kappa shape index (κ2) is 7.31. The normalized spacial score (nSPS) is 14.5. The van der Waals surface area contributed by atoms with Crippen molar-refractivity contribution in [3.63, 3.8) is 0 Å². The number of benzene rings is 1. The summed E-state index contributed by atoms with van der Waals surface area (Å²) >= 11 is 6.13. The molecule has 0 unspecified atom stereocenters. The highest BCUT2D eigenvalue weighted by atomic mass is 35.5. The van der Waals surface area contributed by atoms with Crippen molar-refractivity contribution in [2.45, 2.75) is 26.7 Å². The topological polar surface area (TPSA) is 50.2 Å². The van der Waals surface area contributed by atoms with Crippen LogP contribution in [-0.4, -0.2) is 28.8 Å². The van der Waals surface area contributed by atoms with E-state index in [1.807, 2.05) is 49.9 Å². The number of nitrogens with one attached hydrogen (secondary N) is 1. The van der Waals surface area contributed by atoms with Gasteiger partial charge in [0.15, 0.2) is 0 Å². The zero-order valence-electron chi connectivity index (χ0n) is 14.8. The third-order valence-electron chi connectivity index (χ3n) is 4.63. The molecular formula is C19H23ClN4O. The molecule has 0 radical (unpaired) electrons. The first-order chi connectivity index (χ1) is 12.0. The van der Waals surface area contributed by atoms with Gasteiger partial charge in [-0.2, -0.15) is 5.10 Å². The van der Waals surface area contributed by atoms with Crippen molar-refractivity contribution in [1.82, 2.24) is 9.78 Å². The number of nitrogens with zero attached hydrogens (tertiary/aromatic N) is 3. The lowest BCUT2D eigenvalue weighted by Crippen LogP contribution is -2.20. The van der Waals surface area contributed by atoms with Gasteiger partial charge in [-0.3, -0.25) is 9.48 Å². The molecule has 1 aromatic carbocycles. The summed E-state index contributed by atoms with van der Waals surface area (Å²) in [6.45, 7) is 5.94. The molecule has 1 saturated heterocycles. The minimum Gasteiger partial charge on any atom is -0.370 e. The van der Waals surface area contributed by atoms with Gasteiger partial charge in [-0.25, -0.2) is 0 Å². The first-order valence-electron chi connectivity index (χ1n) is 8.49. The van der Waals surface area contributed by atoms with Crippen LogP contribution in [0.1, 0.15) is 29.8 Å². The van der Waals surface area contributed by atoms with Gasteiger partial charge in [-0.15, -0.1) is 0 Å². The lowest BCUT2D eigenvalue weighted by Gasteiger charge is -2.21. The molecule has 1 aromatic heterocycles. The molecule has 1 fully saturated rings. The van der Waals surface area contributed by atoms with Crippen LogP contribution in [0.3, 0.4) is 0 Å². The maximum absolute atomic E-state index is 12.4. The van der Waals surface area contributed by atoms with Crippen molar-refractivity contribution in [1.29, 1.82) is 0 Å². The number of aromatic nitrogens is 2. The van der Waals surface area contributed by atoms with E-state index in [0.717, 1.165) is 41.4 Å². The largest absolute Gasteiger partial charge is 0.370 e. The summed E-state index contributed by atoms with van der Waals surface area (Å²) < 4.78 is 1.81. The molecule has 2 aromatic rings. The summed E-state index contributed by atoms with van der Waals surface area (Å²) in [5.41, 5.74) is 4.69. The van der Waals surface area contributed by atoms with E-state index in [0.29, 0.717) is 5.02 Å². The maximum Gasteiger partial charge on any atom is 0.248 e. The maximum atomic E-state index is 12.4. The molecule has 3 rings (SSSR count). The Bertz CT molecular complexity index is 819. The molecule has 0 spiro atoms. The fourth-order valence-corrected chi connectivity index (χ4v) is 3.38. The van der Waals surface area contributed by atoms with Gasteiger partial charge in [0, 0.05) is 42.5 Å². The predicted molar refractivity (Wildman–Crippen MR) is 103 cm³/mol.